The molecule has 5 rings (SSSR count). The molecule has 1 aliphatic rings. The highest BCUT2D eigenvalue weighted by Crippen LogP contribution is 2.40. The zero-order chi connectivity index (χ0) is 33.3. The van der Waals surface area contributed by atoms with Gasteiger partial charge in [0.1, 0.15) is 23.1 Å². The van der Waals surface area contributed by atoms with Gasteiger partial charge in [0.15, 0.2) is 6.10 Å². The van der Waals surface area contributed by atoms with E-state index in [1.165, 1.54) is 17.6 Å². The number of rotatable bonds is 12. The van der Waals surface area contributed by atoms with E-state index in [4.69, 9.17) is 25.8 Å². The van der Waals surface area contributed by atoms with Crippen LogP contribution < -0.4 is 20.2 Å². The van der Waals surface area contributed by atoms with Crippen LogP contribution in [0.2, 0.25) is 5.02 Å². The number of amides is 2. The molecule has 2 amide bonds. The molecule has 244 valence electrons. The van der Waals surface area contributed by atoms with Crippen molar-refractivity contribution in [2.75, 3.05) is 11.9 Å². The summed E-state index contributed by atoms with van der Waals surface area (Å²) in [7, 11) is 0. The van der Waals surface area contributed by atoms with Crippen molar-refractivity contribution in [2.24, 2.45) is 11.0 Å². The number of ether oxygens (including phenoxy) is 3. The first-order valence-electron chi connectivity index (χ1n) is 15.4. The number of nitrogens with one attached hydrogen (secondary N) is 2. The van der Waals surface area contributed by atoms with Crippen molar-refractivity contribution < 1.29 is 28.6 Å². The number of nitrogens with zero attached hydrogens (tertiary/aromatic N) is 1. The lowest BCUT2D eigenvalue weighted by Gasteiger charge is -2.18. The fourth-order valence-electron chi connectivity index (χ4n) is 5.03. The van der Waals surface area contributed by atoms with E-state index in [0.717, 1.165) is 40.8 Å². The highest BCUT2D eigenvalue weighted by atomic mass is 35.5. The van der Waals surface area contributed by atoms with Crippen LogP contribution in [0.1, 0.15) is 69.5 Å². The van der Waals surface area contributed by atoms with Gasteiger partial charge in [0.2, 0.25) is 0 Å². The Bertz CT molecular complexity index is 1740. The van der Waals surface area contributed by atoms with E-state index in [0.29, 0.717) is 45.2 Å². The Morgan fingerprint density at radius 3 is 2.43 bits per heavy atom. The molecule has 11 heteroatoms. The molecule has 0 unspecified atom stereocenters. The molecule has 0 saturated heterocycles. The van der Waals surface area contributed by atoms with Crippen LogP contribution in [-0.4, -0.2) is 36.7 Å². The monoisotopic (exact) mass is 673 g/mol. The number of anilines is 1. The van der Waals surface area contributed by atoms with Gasteiger partial charge in [-0.2, -0.15) is 5.10 Å². The minimum absolute atomic E-state index is 0.258. The normalized spacial score (nSPS) is 14.6. The Hall–Kier alpha value is -4.67. The molecule has 0 spiro atoms. The van der Waals surface area contributed by atoms with Crippen molar-refractivity contribution >= 4 is 51.9 Å². The number of hydrogen-bond donors (Lipinski definition) is 2. The third-order valence-electron chi connectivity index (χ3n) is 7.60. The van der Waals surface area contributed by atoms with Crippen molar-refractivity contribution in [3.05, 3.63) is 111 Å². The van der Waals surface area contributed by atoms with Gasteiger partial charge in [0.25, 0.3) is 11.8 Å². The van der Waals surface area contributed by atoms with Gasteiger partial charge in [-0.15, -0.1) is 11.3 Å². The average molecular weight is 674 g/mol. The van der Waals surface area contributed by atoms with Gasteiger partial charge in [0.05, 0.1) is 18.4 Å². The molecule has 0 fully saturated rings. The summed E-state index contributed by atoms with van der Waals surface area (Å²) in [6, 6.07) is 21.2. The highest BCUT2D eigenvalue weighted by Gasteiger charge is 2.29. The summed E-state index contributed by atoms with van der Waals surface area (Å²) in [5.74, 6) is 0.434. The average Bonchev–Trinajstić information content (AvgIpc) is 3.42. The lowest BCUT2D eigenvalue weighted by atomic mass is 9.88. The van der Waals surface area contributed by atoms with Gasteiger partial charge in [-0.05, 0) is 116 Å². The Morgan fingerprint density at radius 2 is 1.72 bits per heavy atom. The first-order valence-corrected chi connectivity index (χ1v) is 16.6. The van der Waals surface area contributed by atoms with Crippen LogP contribution in [0.5, 0.6) is 11.5 Å². The van der Waals surface area contributed by atoms with Crippen molar-refractivity contribution in [2.45, 2.75) is 52.7 Å². The van der Waals surface area contributed by atoms with Gasteiger partial charge in [0, 0.05) is 15.5 Å². The fourth-order valence-corrected chi connectivity index (χ4v) is 6.55. The zero-order valence-electron chi connectivity index (χ0n) is 26.4. The Labute approximate surface area is 282 Å². The number of hydrogen-bond acceptors (Lipinski definition) is 8. The summed E-state index contributed by atoms with van der Waals surface area (Å²) in [4.78, 5) is 39.6. The molecule has 0 radical (unpaired) electrons. The highest BCUT2D eigenvalue weighted by molar-refractivity contribution is 7.17. The van der Waals surface area contributed by atoms with Gasteiger partial charge in [-0.3, -0.25) is 9.59 Å². The van der Waals surface area contributed by atoms with Crippen LogP contribution in [0.15, 0.2) is 77.9 Å². The Balaban J connectivity index is 1.11. The molecule has 1 aliphatic carbocycles. The molecular formula is C36H36ClN3O6S. The second kappa shape index (κ2) is 15.8. The lowest BCUT2D eigenvalue weighted by molar-refractivity contribution is -0.127. The molecule has 4 aromatic rings. The van der Waals surface area contributed by atoms with Crippen LogP contribution in [0.3, 0.4) is 0 Å². The van der Waals surface area contributed by atoms with Crippen LogP contribution in [0.4, 0.5) is 5.00 Å². The first-order chi connectivity index (χ1) is 22.7. The van der Waals surface area contributed by atoms with E-state index in [2.05, 4.69) is 22.8 Å². The van der Waals surface area contributed by atoms with Crippen LogP contribution in [0, 0.1) is 5.92 Å². The van der Waals surface area contributed by atoms with Crippen LogP contribution in [0.25, 0.3) is 0 Å². The van der Waals surface area contributed by atoms with Crippen molar-refractivity contribution in [3.8, 4) is 11.5 Å². The van der Waals surface area contributed by atoms with E-state index < -0.39 is 18.0 Å². The Morgan fingerprint density at radius 1 is 1.02 bits per heavy atom. The molecule has 0 aliphatic heterocycles. The molecule has 2 N–H and O–H groups in total. The number of carbonyl (C=O) groups excluding carboxylic acids is 3. The predicted molar refractivity (Wildman–Crippen MR) is 184 cm³/mol. The zero-order valence-corrected chi connectivity index (χ0v) is 28.0. The maximum atomic E-state index is 13.1. The number of halogens is 1. The minimum Gasteiger partial charge on any atom is -0.489 e. The van der Waals surface area contributed by atoms with Crippen molar-refractivity contribution in [3.63, 3.8) is 0 Å². The summed E-state index contributed by atoms with van der Waals surface area (Å²) in [5.41, 5.74) is 6.10. The molecule has 0 saturated carbocycles. The quantitative estimate of drug-likeness (QED) is 0.0917. The van der Waals surface area contributed by atoms with E-state index >= 15 is 0 Å². The van der Waals surface area contributed by atoms with Crippen LogP contribution in [-0.2, 0) is 29.0 Å². The summed E-state index contributed by atoms with van der Waals surface area (Å²) in [6.45, 7) is 6.24. The van der Waals surface area contributed by atoms with E-state index in [9.17, 15) is 14.4 Å². The third kappa shape index (κ3) is 8.99. The smallest absolute Gasteiger partial charge is 0.341 e. The third-order valence-corrected chi connectivity index (χ3v) is 9.03. The molecular weight excluding hydrogens is 638 g/mol. The topological polar surface area (TPSA) is 115 Å². The maximum Gasteiger partial charge on any atom is 0.341 e. The molecule has 47 heavy (non-hydrogen) atoms. The molecule has 0 bridgehead atoms. The maximum absolute atomic E-state index is 13.1. The van der Waals surface area contributed by atoms with Crippen molar-refractivity contribution in [1.82, 2.24) is 5.43 Å². The minimum atomic E-state index is -0.845. The number of thiophene rings is 1. The van der Waals surface area contributed by atoms with Crippen LogP contribution >= 0.6 is 22.9 Å². The lowest BCUT2D eigenvalue weighted by Crippen LogP contribution is -2.33. The first kappa shape index (κ1) is 33.7. The van der Waals surface area contributed by atoms with Gasteiger partial charge < -0.3 is 19.5 Å². The summed E-state index contributed by atoms with van der Waals surface area (Å²) in [5, 5.41) is 8.14. The SMILES string of the molecule is CCOC(=O)c1c(NC(=O)c2ccc(O[C@@H](C)C(=O)N/N=C\c3ccc(OCc4ccc(Cl)cc4)cc3)cc2)sc2c1CC[C@@H](C)C2. The number of benzene rings is 3. The second-order valence-corrected chi connectivity index (χ2v) is 12.8. The van der Waals surface area contributed by atoms with Gasteiger partial charge in [-0.1, -0.05) is 30.7 Å². The van der Waals surface area contributed by atoms with E-state index in [1.54, 1.807) is 38.1 Å². The number of hydrazone groups is 1. The Kier molecular flexibility index (Phi) is 11.3. The number of fused-ring (bicyclic) bond motifs is 1. The number of esters is 1. The predicted octanol–water partition coefficient (Wildman–Crippen LogP) is 7.45. The fraction of sp³-hybridized carbons (Fsp3) is 0.278. The van der Waals surface area contributed by atoms with E-state index in [-0.39, 0.29) is 12.5 Å². The molecule has 2 atom stereocenters. The standard InChI is InChI=1S/C36H36ClN3O6S/c1-4-44-36(43)32-30-18-5-22(2)19-31(30)47-35(32)39-34(42)26-10-16-29(17-11-26)46-23(3)33(41)40-38-20-24-8-14-28(15-9-24)45-21-25-6-12-27(37)13-7-25/h6-17,20,22-23H,4-5,18-19,21H2,1-3H3,(H,39,42)(H,40,41)/b38-20-/t22-,23+/m1/s1. The van der Waals surface area contributed by atoms with Gasteiger partial charge >= 0.3 is 5.97 Å². The van der Waals surface area contributed by atoms with Gasteiger partial charge in [-0.25, -0.2) is 10.2 Å². The molecule has 1 heterocycles. The molecule has 9 nitrogen and oxygen atoms in total. The molecule has 3 aromatic carbocycles. The summed E-state index contributed by atoms with van der Waals surface area (Å²) in [6.07, 6.45) is 3.33. The van der Waals surface area contributed by atoms with E-state index in [1.807, 2.05) is 48.5 Å². The second-order valence-electron chi connectivity index (χ2n) is 11.2. The summed E-state index contributed by atoms with van der Waals surface area (Å²) < 4.78 is 16.9. The summed E-state index contributed by atoms with van der Waals surface area (Å²) >= 11 is 7.36. The molecule has 1 aromatic heterocycles. The number of carbonyl (C=O) groups is 3. The van der Waals surface area contributed by atoms with Crippen molar-refractivity contribution in [1.29, 1.82) is 0 Å². The largest absolute Gasteiger partial charge is 0.489 e.